The summed E-state index contributed by atoms with van der Waals surface area (Å²) < 4.78 is 35.4. The van der Waals surface area contributed by atoms with E-state index in [2.05, 4.69) is 22.2 Å². The van der Waals surface area contributed by atoms with Crippen molar-refractivity contribution in [3.8, 4) is 5.69 Å². The number of benzene rings is 2. The lowest BCUT2D eigenvalue weighted by Crippen LogP contribution is -2.51. The van der Waals surface area contributed by atoms with Gasteiger partial charge in [0, 0.05) is 23.3 Å². The van der Waals surface area contributed by atoms with Gasteiger partial charge in [0.1, 0.15) is 12.3 Å². The summed E-state index contributed by atoms with van der Waals surface area (Å²) >= 11 is 0. The summed E-state index contributed by atoms with van der Waals surface area (Å²) in [6.45, 7) is 7.57. The number of piperidine rings is 1. The van der Waals surface area contributed by atoms with Crippen molar-refractivity contribution in [1.82, 2.24) is 24.2 Å². The fourth-order valence-electron chi connectivity index (χ4n) is 6.49. The Morgan fingerprint density at radius 2 is 1.80 bits per heavy atom. The van der Waals surface area contributed by atoms with Gasteiger partial charge in [0.05, 0.1) is 22.0 Å². The average molecular weight is 646 g/mol. The van der Waals surface area contributed by atoms with Crippen molar-refractivity contribution in [3.63, 3.8) is 0 Å². The smallest absolute Gasteiger partial charge is 0.408 e. The van der Waals surface area contributed by atoms with E-state index in [1.54, 1.807) is 31.3 Å². The van der Waals surface area contributed by atoms with Crippen LogP contribution in [0.5, 0.6) is 0 Å². The molecule has 0 radical (unpaired) electrons. The summed E-state index contributed by atoms with van der Waals surface area (Å²) in [6, 6.07) is 18.7. The highest BCUT2D eigenvalue weighted by molar-refractivity contribution is 7.90. The van der Waals surface area contributed by atoms with Gasteiger partial charge in [-0.1, -0.05) is 55.8 Å². The second-order valence-corrected chi connectivity index (χ2v) is 16.2. The van der Waals surface area contributed by atoms with Crippen LogP contribution in [0.2, 0.25) is 0 Å². The van der Waals surface area contributed by atoms with Crippen LogP contribution in [0, 0.1) is 0 Å². The van der Waals surface area contributed by atoms with Crippen molar-refractivity contribution in [1.29, 1.82) is 0 Å². The minimum atomic E-state index is -3.56. The summed E-state index contributed by atoms with van der Waals surface area (Å²) in [5.74, 6) is 0. The second-order valence-electron chi connectivity index (χ2n) is 13.6. The van der Waals surface area contributed by atoms with Crippen molar-refractivity contribution >= 4 is 27.1 Å². The summed E-state index contributed by atoms with van der Waals surface area (Å²) in [5.41, 5.74) is 2.67. The highest BCUT2D eigenvalue weighted by atomic mass is 32.2. The highest BCUT2D eigenvalue weighted by Gasteiger charge is 2.48. The molecule has 0 spiro atoms. The Bertz CT molecular complexity index is 1870. The molecule has 6 rings (SSSR count). The third-order valence-electron chi connectivity index (χ3n) is 9.24. The van der Waals surface area contributed by atoms with Crippen LogP contribution in [0.15, 0.2) is 71.7 Å². The maximum atomic E-state index is 13.8. The Morgan fingerprint density at radius 1 is 1.09 bits per heavy atom. The molecule has 1 saturated carbocycles. The van der Waals surface area contributed by atoms with Gasteiger partial charge in [-0.05, 0) is 88.6 Å². The lowest BCUT2D eigenvalue weighted by Gasteiger charge is -2.44. The first kappa shape index (κ1) is 32.0. The Hall–Kier alpha value is -3.96. The zero-order valence-electron chi connectivity index (χ0n) is 27.0. The van der Waals surface area contributed by atoms with Gasteiger partial charge in [-0.2, -0.15) is 9.29 Å². The van der Waals surface area contributed by atoms with E-state index in [4.69, 9.17) is 4.74 Å². The van der Waals surface area contributed by atoms with E-state index in [0.29, 0.717) is 11.3 Å². The van der Waals surface area contributed by atoms with Gasteiger partial charge in [-0.3, -0.25) is 4.57 Å². The number of carbonyl (C=O) groups excluding carboxylic acids is 1. The van der Waals surface area contributed by atoms with Gasteiger partial charge in [-0.15, -0.1) is 0 Å². The normalized spacial score (nSPS) is 20.0. The predicted octanol–water partition coefficient (Wildman–Crippen LogP) is 6.45. The molecule has 2 aromatic carbocycles. The topological polar surface area (TPSA) is 126 Å². The van der Waals surface area contributed by atoms with E-state index in [-0.39, 0.29) is 18.7 Å². The summed E-state index contributed by atoms with van der Waals surface area (Å²) in [7, 11) is -3.56. The first-order chi connectivity index (χ1) is 21.9. The van der Waals surface area contributed by atoms with E-state index >= 15 is 0 Å². The number of ether oxygens (including phenoxy) is 1. The van der Waals surface area contributed by atoms with Gasteiger partial charge in [0.2, 0.25) is 10.0 Å². The molecule has 2 aromatic heterocycles. The highest BCUT2D eigenvalue weighted by Crippen LogP contribution is 2.46. The molecule has 1 aliphatic heterocycles. The van der Waals surface area contributed by atoms with E-state index in [0.717, 1.165) is 67.2 Å². The number of aromatic amines is 1. The third kappa shape index (κ3) is 6.22. The first-order valence-electron chi connectivity index (χ1n) is 16.2. The molecule has 2 fully saturated rings. The van der Waals surface area contributed by atoms with Gasteiger partial charge in [-0.25, -0.2) is 18.0 Å². The summed E-state index contributed by atoms with van der Waals surface area (Å²) in [5, 5.41) is 3.73. The largest absolute Gasteiger partial charge is 0.445 e. The molecule has 4 aromatic rings. The molecular formula is C35H43N5O5S. The predicted molar refractivity (Wildman–Crippen MR) is 178 cm³/mol. The number of carbonyl (C=O) groups is 1. The maximum absolute atomic E-state index is 13.8. The number of fused-ring (bicyclic) bond motifs is 1. The zero-order chi connectivity index (χ0) is 32.7. The van der Waals surface area contributed by atoms with E-state index in [1.165, 1.54) is 4.57 Å². The van der Waals surface area contributed by atoms with Crippen LogP contribution in [0.4, 0.5) is 4.79 Å². The lowest BCUT2D eigenvalue weighted by molar-refractivity contribution is 0.134. The molecule has 2 atom stereocenters. The number of sulfonamides is 1. The number of hydrogen-bond acceptors (Lipinski definition) is 6. The van der Waals surface area contributed by atoms with Crippen LogP contribution in [-0.2, 0) is 26.9 Å². The van der Waals surface area contributed by atoms with Gasteiger partial charge < -0.3 is 15.0 Å². The summed E-state index contributed by atoms with van der Waals surface area (Å²) in [6.07, 6.45) is 7.06. The van der Waals surface area contributed by atoms with E-state index < -0.39 is 32.1 Å². The summed E-state index contributed by atoms with van der Waals surface area (Å²) in [4.78, 5) is 33.3. The molecule has 3 heterocycles. The van der Waals surface area contributed by atoms with Gasteiger partial charge in [0.25, 0.3) is 0 Å². The van der Waals surface area contributed by atoms with Crippen molar-refractivity contribution < 1.29 is 17.9 Å². The maximum Gasteiger partial charge on any atom is 0.408 e. The number of aromatic nitrogens is 3. The Balaban J connectivity index is 1.22. The minimum Gasteiger partial charge on any atom is -0.445 e. The molecule has 1 unspecified atom stereocenters. The standard InChI is InChI=1S/C35H43N5O5S/c1-5-10-28-13-9-14-29(40(28)46(43,44)34(2,3)4)25-15-17-27(18-16-25)39-22-26-21-30(36-31(26)37-32(39)41)35(19-20-35)38-33(42)45-23-24-11-7-6-8-12-24/h6-8,11-12,15-18,21-22,28-29H,5,9-10,13-14,19-20,23H2,1-4H3,(H,38,42)(H,36,37,41)/t28?,29-/m0/s1. The molecule has 2 N–H and O–H groups in total. The molecule has 46 heavy (non-hydrogen) atoms. The third-order valence-corrected chi connectivity index (χ3v) is 11.9. The SMILES string of the molecule is CCCC1CCC[C@@H](c2ccc(-n3cc4cc(C5(NC(=O)OCc6ccccc6)CC5)[nH]c4nc3=O)cc2)N1S(=O)(=O)C(C)(C)C. The molecule has 1 saturated heterocycles. The van der Waals surface area contributed by atoms with Crippen LogP contribution in [0.3, 0.4) is 0 Å². The molecule has 2 aliphatic rings. The minimum absolute atomic E-state index is 0.0281. The molecular weight excluding hydrogens is 602 g/mol. The molecule has 0 bridgehead atoms. The van der Waals surface area contributed by atoms with Crippen LogP contribution < -0.4 is 11.0 Å². The van der Waals surface area contributed by atoms with Crippen LogP contribution >= 0.6 is 0 Å². The fourth-order valence-corrected chi connectivity index (χ4v) is 8.29. The quantitative estimate of drug-likeness (QED) is 0.215. The second kappa shape index (κ2) is 12.3. The number of rotatable bonds is 9. The van der Waals surface area contributed by atoms with Crippen LogP contribution in [0.1, 0.15) is 95.5 Å². The molecule has 1 amide bonds. The first-order valence-corrected chi connectivity index (χ1v) is 17.6. The molecule has 244 valence electrons. The number of H-pyrrole nitrogens is 1. The Morgan fingerprint density at radius 3 is 2.46 bits per heavy atom. The zero-order valence-corrected chi connectivity index (χ0v) is 27.8. The van der Waals surface area contributed by atoms with Crippen LogP contribution in [0.25, 0.3) is 16.7 Å². The monoisotopic (exact) mass is 645 g/mol. The van der Waals surface area contributed by atoms with Gasteiger partial charge >= 0.3 is 11.8 Å². The van der Waals surface area contributed by atoms with Crippen molar-refractivity contribution in [2.75, 3.05) is 0 Å². The number of alkyl carbamates (subject to hydrolysis) is 1. The Kier molecular flexibility index (Phi) is 8.58. The van der Waals surface area contributed by atoms with E-state index in [9.17, 15) is 18.0 Å². The Labute approximate surface area is 270 Å². The van der Waals surface area contributed by atoms with Crippen molar-refractivity contribution in [3.05, 3.63) is 94.2 Å². The number of hydrogen-bond donors (Lipinski definition) is 2. The fraction of sp³-hybridized carbons (Fsp3) is 0.457. The number of nitrogens with one attached hydrogen (secondary N) is 2. The van der Waals surface area contributed by atoms with Crippen LogP contribution in [-0.4, -0.2) is 44.1 Å². The van der Waals surface area contributed by atoms with E-state index in [1.807, 2.05) is 60.7 Å². The van der Waals surface area contributed by atoms with Gasteiger partial charge in [0.15, 0.2) is 0 Å². The molecule has 1 aliphatic carbocycles. The molecule has 10 nitrogen and oxygen atoms in total. The number of amides is 1. The molecule has 11 heteroatoms. The lowest BCUT2D eigenvalue weighted by atomic mass is 9.91. The average Bonchev–Trinajstić information content (AvgIpc) is 3.69. The number of nitrogens with zero attached hydrogens (tertiary/aromatic N) is 3. The van der Waals surface area contributed by atoms with Crippen molar-refractivity contribution in [2.24, 2.45) is 0 Å². The van der Waals surface area contributed by atoms with Crippen molar-refractivity contribution in [2.45, 2.75) is 102 Å².